The molecule has 1 aromatic rings. The van der Waals surface area contributed by atoms with Crippen molar-refractivity contribution < 1.29 is 9.53 Å². The van der Waals surface area contributed by atoms with E-state index in [0.29, 0.717) is 5.92 Å². The third-order valence-electron chi connectivity index (χ3n) is 3.76. The number of ether oxygens (including phenoxy) is 1. The molecule has 1 fully saturated rings. The van der Waals surface area contributed by atoms with Gasteiger partial charge in [0.2, 0.25) is 0 Å². The minimum atomic E-state index is -0.472. The van der Waals surface area contributed by atoms with E-state index in [1.54, 1.807) is 11.9 Å². The van der Waals surface area contributed by atoms with Crippen molar-refractivity contribution in [2.75, 3.05) is 25.0 Å². The molecule has 1 heterocycles. The Hall–Kier alpha value is -1.55. The summed E-state index contributed by atoms with van der Waals surface area (Å²) in [7, 11) is 1.74. The second-order valence-corrected chi connectivity index (χ2v) is 6.66. The lowest BCUT2D eigenvalue weighted by Crippen LogP contribution is -2.34. The van der Waals surface area contributed by atoms with Crippen molar-refractivity contribution in [2.45, 2.75) is 45.1 Å². The van der Waals surface area contributed by atoms with Gasteiger partial charge in [-0.2, -0.15) is 0 Å². The first kappa shape index (κ1) is 15.8. The van der Waals surface area contributed by atoms with Crippen LogP contribution in [0.4, 0.5) is 10.5 Å². The summed E-state index contributed by atoms with van der Waals surface area (Å²) < 4.78 is 5.38. The van der Waals surface area contributed by atoms with Gasteiger partial charge in [-0.3, -0.25) is 4.90 Å². The van der Waals surface area contributed by atoms with Crippen LogP contribution in [0.15, 0.2) is 24.3 Å². The second kappa shape index (κ2) is 6.48. The second-order valence-electron chi connectivity index (χ2n) is 6.66. The van der Waals surface area contributed by atoms with E-state index in [-0.39, 0.29) is 6.09 Å². The quantitative estimate of drug-likeness (QED) is 0.906. The molecule has 4 heteroatoms. The van der Waals surface area contributed by atoms with Gasteiger partial charge in [0.1, 0.15) is 5.60 Å². The van der Waals surface area contributed by atoms with Crippen molar-refractivity contribution in [2.24, 2.45) is 0 Å². The maximum Gasteiger partial charge on any atom is 0.414 e. The molecule has 0 saturated carbocycles. The number of piperidine rings is 1. The van der Waals surface area contributed by atoms with E-state index in [9.17, 15) is 4.79 Å². The smallest absolute Gasteiger partial charge is 0.414 e. The van der Waals surface area contributed by atoms with Gasteiger partial charge >= 0.3 is 6.09 Å². The summed E-state index contributed by atoms with van der Waals surface area (Å²) >= 11 is 0. The Balaban J connectivity index is 2.02. The Morgan fingerprint density at radius 1 is 1.19 bits per heavy atom. The average Bonchev–Trinajstić information content (AvgIpc) is 2.46. The molecular formula is C17H26N2O2. The van der Waals surface area contributed by atoms with Crippen LogP contribution < -0.4 is 10.2 Å². The molecule has 1 N–H and O–H groups in total. The highest BCUT2D eigenvalue weighted by Gasteiger charge is 2.21. The molecule has 0 aromatic heterocycles. The first-order valence-corrected chi connectivity index (χ1v) is 7.64. The monoisotopic (exact) mass is 290 g/mol. The standard InChI is InChI=1S/C17H26N2O2/c1-17(2,3)21-16(20)19(4)15-7-5-13(6-8-15)14-9-11-18-12-10-14/h5-8,14,18H,9-12H2,1-4H3. The van der Waals surface area contributed by atoms with Gasteiger partial charge in [-0.1, -0.05) is 12.1 Å². The molecule has 1 aromatic carbocycles. The van der Waals surface area contributed by atoms with Crippen molar-refractivity contribution in [1.29, 1.82) is 0 Å². The molecule has 1 aliphatic rings. The molecule has 0 spiro atoms. The van der Waals surface area contributed by atoms with E-state index < -0.39 is 5.60 Å². The van der Waals surface area contributed by atoms with Gasteiger partial charge in [0.05, 0.1) is 0 Å². The molecule has 4 nitrogen and oxygen atoms in total. The highest BCUT2D eigenvalue weighted by atomic mass is 16.6. The Morgan fingerprint density at radius 2 is 1.76 bits per heavy atom. The zero-order chi connectivity index (χ0) is 15.5. The molecule has 21 heavy (non-hydrogen) atoms. The van der Waals surface area contributed by atoms with Crippen LogP contribution in [0, 0.1) is 0 Å². The summed E-state index contributed by atoms with van der Waals surface area (Å²) in [5, 5.41) is 3.38. The van der Waals surface area contributed by atoms with E-state index in [1.165, 1.54) is 18.4 Å². The molecule has 1 aliphatic heterocycles. The first-order chi connectivity index (χ1) is 9.87. The Morgan fingerprint density at radius 3 is 2.29 bits per heavy atom. The number of nitrogens with zero attached hydrogens (tertiary/aromatic N) is 1. The van der Waals surface area contributed by atoms with Gasteiger partial charge in [0.25, 0.3) is 0 Å². The Bertz CT molecular complexity index is 471. The molecule has 0 unspecified atom stereocenters. The Kier molecular flexibility index (Phi) is 4.88. The molecule has 0 radical (unpaired) electrons. The lowest BCUT2D eigenvalue weighted by molar-refractivity contribution is 0.0589. The number of anilines is 1. The maximum absolute atomic E-state index is 12.0. The first-order valence-electron chi connectivity index (χ1n) is 7.64. The summed E-state index contributed by atoms with van der Waals surface area (Å²) in [4.78, 5) is 13.6. The van der Waals surface area contributed by atoms with E-state index in [0.717, 1.165) is 18.8 Å². The number of nitrogens with one attached hydrogen (secondary N) is 1. The summed E-state index contributed by atoms with van der Waals surface area (Å²) in [6.45, 7) is 7.80. The van der Waals surface area contributed by atoms with E-state index >= 15 is 0 Å². The highest BCUT2D eigenvalue weighted by molar-refractivity contribution is 5.87. The van der Waals surface area contributed by atoms with E-state index in [4.69, 9.17) is 4.74 Å². The summed E-state index contributed by atoms with van der Waals surface area (Å²) in [6, 6.07) is 8.26. The van der Waals surface area contributed by atoms with Crippen LogP contribution in [-0.2, 0) is 4.74 Å². The van der Waals surface area contributed by atoms with Gasteiger partial charge in [-0.15, -0.1) is 0 Å². The third kappa shape index (κ3) is 4.46. The maximum atomic E-state index is 12.0. The zero-order valence-electron chi connectivity index (χ0n) is 13.5. The number of benzene rings is 1. The van der Waals surface area contributed by atoms with Gasteiger partial charge in [-0.05, 0) is 70.3 Å². The molecule has 0 bridgehead atoms. The number of rotatable bonds is 2. The normalized spacial score (nSPS) is 16.6. The number of carbonyl (C=O) groups excluding carboxylic acids is 1. The van der Waals surface area contributed by atoms with E-state index in [1.807, 2.05) is 32.9 Å². The van der Waals surface area contributed by atoms with Crippen LogP contribution in [0.1, 0.15) is 45.1 Å². The van der Waals surface area contributed by atoms with Crippen LogP contribution in [0.5, 0.6) is 0 Å². The highest BCUT2D eigenvalue weighted by Crippen LogP contribution is 2.27. The summed E-state index contributed by atoms with van der Waals surface area (Å²) in [6.07, 6.45) is 2.04. The van der Waals surface area contributed by atoms with Crippen molar-refractivity contribution >= 4 is 11.8 Å². The van der Waals surface area contributed by atoms with Crippen molar-refractivity contribution in [3.8, 4) is 0 Å². The fourth-order valence-corrected chi connectivity index (χ4v) is 2.56. The van der Waals surface area contributed by atoms with Crippen LogP contribution in [0.2, 0.25) is 0 Å². The average molecular weight is 290 g/mol. The van der Waals surface area contributed by atoms with Crippen LogP contribution in [0.25, 0.3) is 0 Å². The fraction of sp³-hybridized carbons (Fsp3) is 0.588. The van der Waals surface area contributed by atoms with Crippen molar-refractivity contribution in [3.05, 3.63) is 29.8 Å². The van der Waals surface area contributed by atoms with Crippen LogP contribution >= 0.6 is 0 Å². The molecule has 1 saturated heterocycles. The largest absolute Gasteiger partial charge is 0.443 e. The molecule has 116 valence electrons. The lowest BCUT2D eigenvalue weighted by Gasteiger charge is -2.26. The van der Waals surface area contributed by atoms with Gasteiger partial charge in [0.15, 0.2) is 0 Å². The number of amides is 1. The molecule has 2 rings (SSSR count). The molecule has 1 amide bonds. The van der Waals surface area contributed by atoms with E-state index in [2.05, 4.69) is 17.4 Å². The molecular weight excluding hydrogens is 264 g/mol. The zero-order valence-corrected chi connectivity index (χ0v) is 13.5. The fourth-order valence-electron chi connectivity index (χ4n) is 2.56. The van der Waals surface area contributed by atoms with Gasteiger partial charge in [-0.25, -0.2) is 4.79 Å². The minimum Gasteiger partial charge on any atom is -0.443 e. The van der Waals surface area contributed by atoms with Crippen molar-refractivity contribution in [1.82, 2.24) is 5.32 Å². The molecule has 0 aliphatic carbocycles. The van der Waals surface area contributed by atoms with Crippen LogP contribution in [0.3, 0.4) is 0 Å². The van der Waals surface area contributed by atoms with Crippen LogP contribution in [-0.4, -0.2) is 31.8 Å². The van der Waals surface area contributed by atoms with Gasteiger partial charge < -0.3 is 10.1 Å². The number of hydrogen-bond donors (Lipinski definition) is 1. The topological polar surface area (TPSA) is 41.6 Å². The number of hydrogen-bond acceptors (Lipinski definition) is 3. The summed E-state index contributed by atoms with van der Waals surface area (Å²) in [5.41, 5.74) is 1.75. The predicted octanol–water partition coefficient (Wildman–Crippen LogP) is 3.52. The SMILES string of the molecule is CN(C(=O)OC(C)(C)C)c1ccc(C2CCNCC2)cc1. The van der Waals surface area contributed by atoms with Gasteiger partial charge in [0, 0.05) is 12.7 Å². The predicted molar refractivity (Wildman–Crippen MR) is 85.9 cm³/mol. The number of carbonyl (C=O) groups is 1. The lowest BCUT2D eigenvalue weighted by atomic mass is 9.90. The third-order valence-corrected chi connectivity index (χ3v) is 3.76. The minimum absolute atomic E-state index is 0.322. The molecule has 0 atom stereocenters. The van der Waals surface area contributed by atoms with Crippen molar-refractivity contribution in [3.63, 3.8) is 0 Å². The summed E-state index contributed by atoms with van der Waals surface area (Å²) in [5.74, 6) is 0.632. The Labute approximate surface area is 127 Å².